The van der Waals surface area contributed by atoms with Crippen molar-refractivity contribution < 1.29 is 19.1 Å². The van der Waals surface area contributed by atoms with E-state index in [9.17, 15) is 9.59 Å². The van der Waals surface area contributed by atoms with Crippen LogP contribution in [0.4, 0.5) is 5.69 Å². The Balaban J connectivity index is 1.35. The van der Waals surface area contributed by atoms with Crippen LogP contribution in [0.2, 0.25) is 0 Å². The lowest BCUT2D eigenvalue weighted by Gasteiger charge is -2.12. The second-order valence-corrected chi connectivity index (χ2v) is 6.85. The van der Waals surface area contributed by atoms with Crippen LogP contribution in [0.15, 0.2) is 78.9 Å². The number of aromatic nitrogens is 2. The molecule has 1 amide bonds. The summed E-state index contributed by atoms with van der Waals surface area (Å²) in [6.07, 6.45) is 0. The number of fused-ring (bicyclic) bond motifs is 1. The maximum atomic E-state index is 12.3. The third-order valence-electron chi connectivity index (χ3n) is 4.63. The molecule has 7 heteroatoms. The zero-order valence-electron chi connectivity index (χ0n) is 16.9. The zero-order chi connectivity index (χ0) is 21.6. The van der Waals surface area contributed by atoms with Gasteiger partial charge in [0.05, 0.1) is 16.7 Å². The number of imidazole rings is 1. The molecule has 4 aromatic rings. The molecule has 7 nitrogen and oxygen atoms in total. The first-order chi connectivity index (χ1) is 15.1. The van der Waals surface area contributed by atoms with Crippen molar-refractivity contribution in [1.82, 2.24) is 9.55 Å². The topological polar surface area (TPSA) is 82.5 Å². The molecule has 1 aromatic heterocycles. The van der Waals surface area contributed by atoms with Crippen molar-refractivity contribution in [3.63, 3.8) is 0 Å². The summed E-state index contributed by atoms with van der Waals surface area (Å²) in [5, 5.41) is 2.73. The molecule has 0 bridgehead atoms. The summed E-state index contributed by atoms with van der Waals surface area (Å²) >= 11 is 0. The van der Waals surface area contributed by atoms with Gasteiger partial charge in [0.1, 0.15) is 18.1 Å². The second-order valence-electron chi connectivity index (χ2n) is 6.85. The fraction of sp³-hybridized carbons (Fsp3) is 0.125. The van der Waals surface area contributed by atoms with Crippen LogP contribution in [0.1, 0.15) is 5.82 Å². The minimum Gasteiger partial charge on any atom is -0.455 e. The molecule has 0 aliphatic heterocycles. The van der Waals surface area contributed by atoms with E-state index in [1.54, 1.807) is 22.8 Å². The minimum absolute atomic E-state index is 0.0205. The molecule has 4 rings (SSSR count). The molecule has 0 spiro atoms. The number of amides is 1. The van der Waals surface area contributed by atoms with E-state index in [4.69, 9.17) is 9.47 Å². The van der Waals surface area contributed by atoms with E-state index in [2.05, 4.69) is 10.3 Å². The number of nitrogens with zero attached hydrogens (tertiary/aromatic N) is 2. The van der Waals surface area contributed by atoms with E-state index in [1.807, 2.05) is 67.6 Å². The number of ether oxygens (including phenoxy) is 2. The highest BCUT2D eigenvalue weighted by atomic mass is 16.5. The summed E-state index contributed by atoms with van der Waals surface area (Å²) in [4.78, 5) is 29.1. The van der Waals surface area contributed by atoms with Gasteiger partial charge >= 0.3 is 5.97 Å². The molecular weight excluding hydrogens is 394 g/mol. The van der Waals surface area contributed by atoms with E-state index in [0.717, 1.165) is 11.0 Å². The van der Waals surface area contributed by atoms with Crippen LogP contribution in [-0.2, 0) is 20.9 Å². The minimum atomic E-state index is -0.518. The first-order valence-corrected chi connectivity index (χ1v) is 9.79. The van der Waals surface area contributed by atoms with Crippen molar-refractivity contribution in [2.24, 2.45) is 0 Å². The van der Waals surface area contributed by atoms with Gasteiger partial charge in [-0.2, -0.15) is 0 Å². The summed E-state index contributed by atoms with van der Waals surface area (Å²) in [7, 11) is 0. The predicted molar refractivity (Wildman–Crippen MR) is 117 cm³/mol. The number of para-hydroxylation sites is 5. The van der Waals surface area contributed by atoms with Crippen LogP contribution in [0.3, 0.4) is 0 Å². The van der Waals surface area contributed by atoms with Crippen LogP contribution in [0.5, 0.6) is 11.5 Å². The average molecular weight is 415 g/mol. The summed E-state index contributed by atoms with van der Waals surface area (Å²) in [5.41, 5.74) is 2.14. The number of benzene rings is 3. The predicted octanol–water partition coefficient (Wildman–Crippen LogP) is 4.32. The highest BCUT2D eigenvalue weighted by Crippen LogP contribution is 2.29. The molecule has 156 valence electrons. The molecule has 0 saturated heterocycles. The average Bonchev–Trinajstić information content (AvgIpc) is 3.09. The molecule has 0 aliphatic rings. The van der Waals surface area contributed by atoms with E-state index in [0.29, 0.717) is 23.0 Å². The van der Waals surface area contributed by atoms with Crippen molar-refractivity contribution in [2.45, 2.75) is 13.5 Å². The first-order valence-electron chi connectivity index (χ1n) is 9.79. The number of anilines is 1. The van der Waals surface area contributed by atoms with Crippen molar-refractivity contribution in [1.29, 1.82) is 0 Å². The SMILES string of the molecule is Cc1nc2ccccc2n1CC(=O)OCC(=O)Nc1ccccc1Oc1ccccc1. The monoisotopic (exact) mass is 415 g/mol. The number of carbonyl (C=O) groups is 2. The van der Waals surface area contributed by atoms with Crippen LogP contribution < -0.4 is 10.1 Å². The van der Waals surface area contributed by atoms with Gasteiger partial charge in [-0.25, -0.2) is 4.98 Å². The third kappa shape index (κ3) is 4.90. The van der Waals surface area contributed by atoms with Gasteiger partial charge in [0.15, 0.2) is 12.4 Å². The number of hydrogen-bond acceptors (Lipinski definition) is 5. The molecule has 3 aromatic carbocycles. The van der Waals surface area contributed by atoms with E-state index < -0.39 is 18.5 Å². The number of nitrogens with one attached hydrogen (secondary N) is 1. The Morgan fingerprint density at radius 1 is 0.935 bits per heavy atom. The summed E-state index contributed by atoms with van der Waals surface area (Å²) in [5.74, 6) is 0.877. The van der Waals surface area contributed by atoms with Crippen LogP contribution in [0.25, 0.3) is 11.0 Å². The molecule has 0 fully saturated rings. The Hall–Kier alpha value is -4.13. The lowest BCUT2D eigenvalue weighted by Crippen LogP contribution is -2.23. The molecule has 0 aliphatic carbocycles. The normalized spacial score (nSPS) is 10.6. The Morgan fingerprint density at radius 2 is 1.65 bits per heavy atom. The van der Waals surface area contributed by atoms with Gasteiger partial charge in [0.2, 0.25) is 0 Å². The van der Waals surface area contributed by atoms with Crippen LogP contribution in [0, 0.1) is 6.92 Å². The quantitative estimate of drug-likeness (QED) is 0.455. The molecular formula is C24H21N3O4. The summed E-state index contributed by atoms with van der Waals surface area (Å²) in [6.45, 7) is 1.40. The van der Waals surface area contributed by atoms with Crippen molar-refractivity contribution in [3.8, 4) is 11.5 Å². The Morgan fingerprint density at radius 3 is 2.48 bits per heavy atom. The van der Waals surface area contributed by atoms with E-state index in [1.165, 1.54) is 0 Å². The largest absolute Gasteiger partial charge is 0.455 e. The van der Waals surface area contributed by atoms with Gasteiger partial charge in [-0.15, -0.1) is 0 Å². The van der Waals surface area contributed by atoms with Crippen molar-refractivity contribution in [3.05, 3.63) is 84.7 Å². The van der Waals surface area contributed by atoms with Gasteiger partial charge in [0, 0.05) is 0 Å². The third-order valence-corrected chi connectivity index (χ3v) is 4.63. The maximum absolute atomic E-state index is 12.3. The lowest BCUT2D eigenvalue weighted by molar-refractivity contribution is -0.147. The lowest BCUT2D eigenvalue weighted by atomic mass is 10.3. The molecule has 0 saturated carbocycles. The fourth-order valence-electron chi connectivity index (χ4n) is 3.18. The standard InChI is InChI=1S/C24H21N3O4/c1-17-25-19-11-5-7-13-21(19)27(17)15-24(29)30-16-23(28)26-20-12-6-8-14-22(20)31-18-9-3-2-4-10-18/h2-14H,15-16H2,1H3,(H,26,28). The van der Waals surface area contributed by atoms with Crippen molar-refractivity contribution >= 4 is 28.6 Å². The summed E-state index contributed by atoms with van der Waals surface area (Å²) in [6, 6.07) is 23.9. The van der Waals surface area contributed by atoms with Crippen LogP contribution in [-0.4, -0.2) is 28.0 Å². The van der Waals surface area contributed by atoms with E-state index in [-0.39, 0.29) is 6.54 Å². The number of aryl methyl sites for hydroxylation is 1. The van der Waals surface area contributed by atoms with Crippen LogP contribution >= 0.6 is 0 Å². The number of esters is 1. The number of carbonyl (C=O) groups excluding carboxylic acids is 2. The molecule has 0 atom stereocenters. The second kappa shape index (κ2) is 9.13. The van der Waals surface area contributed by atoms with Gasteiger partial charge < -0.3 is 19.4 Å². The number of hydrogen-bond donors (Lipinski definition) is 1. The van der Waals surface area contributed by atoms with Gasteiger partial charge in [-0.05, 0) is 43.3 Å². The van der Waals surface area contributed by atoms with Crippen molar-refractivity contribution in [2.75, 3.05) is 11.9 Å². The fourth-order valence-corrected chi connectivity index (χ4v) is 3.18. The highest BCUT2D eigenvalue weighted by molar-refractivity contribution is 5.94. The zero-order valence-corrected chi connectivity index (χ0v) is 16.9. The van der Waals surface area contributed by atoms with Gasteiger partial charge in [0.25, 0.3) is 5.91 Å². The Labute approximate surface area is 179 Å². The maximum Gasteiger partial charge on any atom is 0.326 e. The van der Waals surface area contributed by atoms with E-state index >= 15 is 0 Å². The highest BCUT2D eigenvalue weighted by Gasteiger charge is 2.14. The van der Waals surface area contributed by atoms with Gasteiger partial charge in [-0.1, -0.05) is 42.5 Å². The molecule has 31 heavy (non-hydrogen) atoms. The molecule has 0 unspecified atom stereocenters. The number of rotatable bonds is 7. The molecule has 1 heterocycles. The Bertz CT molecular complexity index is 1220. The smallest absolute Gasteiger partial charge is 0.326 e. The van der Waals surface area contributed by atoms with Gasteiger partial charge in [-0.3, -0.25) is 9.59 Å². The Kier molecular flexibility index (Phi) is 5.93. The molecule has 1 N–H and O–H groups in total. The first kappa shape index (κ1) is 20.2. The summed E-state index contributed by atoms with van der Waals surface area (Å²) < 4.78 is 12.8. The molecule has 0 radical (unpaired) electrons.